The van der Waals surface area contributed by atoms with Crippen molar-refractivity contribution in [3.8, 4) is 11.5 Å². The van der Waals surface area contributed by atoms with Crippen LogP contribution in [0.25, 0.3) is 11.0 Å². The van der Waals surface area contributed by atoms with E-state index >= 15 is 0 Å². The van der Waals surface area contributed by atoms with Crippen molar-refractivity contribution >= 4 is 11.0 Å². The lowest BCUT2D eigenvalue weighted by Gasteiger charge is -2.06. The van der Waals surface area contributed by atoms with Crippen LogP contribution in [0, 0.1) is 0 Å². The van der Waals surface area contributed by atoms with Gasteiger partial charge in [-0.05, 0) is 18.2 Å². The first kappa shape index (κ1) is 10.6. The van der Waals surface area contributed by atoms with Crippen molar-refractivity contribution in [3.05, 3.63) is 48.0 Å². The lowest BCUT2D eigenvalue weighted by atomic mass is 10.2. The quantitative estimate of drug-likeness (QED) is 0.672. The number of fused-ring (bicyclic) bond motifs is 1. The fourth-order valence-electron chi connectivity index (χ4n) is 1.90. The van der Waals surface area contributed by atoms with Gasteiger partial charge in [0, 0.05) is 5.56 Å². The van der Waals surface area contributed by atoms with Crippen molar-refractivity contribution in [1.82, 2.24) is 15.0 Å². The average Bonchev–Trinajstić information content (AvgIpc) is 2.79. The van der Waals surface area contributed by atoms with Crippen LogP contribution in [-0.4, -0.2) is 25.2 Å². The highest BCUT2D eigenvalue weighted by Crippen LogP contribution is 2.29. The van der Waals surface area contributed by atoms with Crippen molar-refractivity contribution < 1.29 is 10.2 Å². The van der Waals surface area contributed by atoms with Crippen molar-refractivity contribution in [2.24, 2.45) is 0 Å². The van der Waals surface area contributed by atoms with E-state index in [9.17, 15) is 10.2 Å². The molecule has 1 aromatic heterocycles. The number of aromatic hydroxyl groups is 2. The summed E-state index contributed by atoms with van der Waals surface area (Å²) in [4.78, 5) is 0. The van der Waals surface area contributed by atoms with Crippen LogP contribution >= 0.6 is 0 Å². The first-order chi connectivity index (χ1) is 8.75. The van der Waals surface area contributed by atoms with Gasteiger partial charge in [0.05, 0.1) is 12.1 Å². The van der Waals surface area contributed by atoms with Crippen LogP contribution in [0.2, 0.25) is 0 Å². The molecule has 0 saturated heterocycles. The zero-order valence-corrected chi connectivity index (χ0v) is 9.48. The van der Waals surface area contributed by atoms with Crippen LogP contribution < -0.4 is 0 Å². The second-order valence-corrected chi connectivity index (χ2v) is 4.02. The molecule has 0 fully saturated rings. The molecule has 0 aliphatic rings. The topological polar surface area (TPSA) is 71.2 Å². The third kappa shape index (κ3) is 1.66. The molecule has 0 amide bonds. The number of nitrogens with zero attached hydrogens (tertiary/aromatic N) is 3. The number of phenols is 2. The Kier molecular flexibility index (Phi) is 2.37. The third-order valence-electron chi connectivity index (χ3n) is 2.84. The van der Waals surface area contributed by atoms with E-state index in [1.807, 2.05) is 24.3 Å². The van der Waals surface area contributed by atoms with Gasteiger partial charge in [-0.25, -0.2) is 4.68 Å². The maximum absolute atomic E-state index is 9.76. The van der Waals surface area contributed by atoms with Crippen molar-refractivity contribution in [2.75, 3.05) is 0 Å². The molecule has 0 radical (unpaired) electrons. The summed E-state index contributed by atoms with van der Waals surface area (Å²) < 4.78 is 1.68. The van der Waals surface area contributed by atoms with Gasteiger partial charge in [0.2, 0.25) is 0 Å². The number of rotatable bonds is 2. The van der Waals surface area contributed by atoms with Crippen LogP contribution in [0.5, 0.6) is 11.5 Å². The van der Waals surface area contributed by atoms with Gasteiger partial charge in [0.25, 0.3) is 0 Å². The highest BCUT2D eigenvalue weighted by Gasteiger charge is 2.09. The van der Waals surface area contributed by atoms with Crippen LogP contribution in [-0.2, 0) is 6.54 Å². The molecule has 0 saturated carbocycles. The first-order valence-electron chi connectivity index (χ1n) is 5.54. The van der Waals surface area contributed by atoms with Gasteiger partial charge in [-0.15, -0.1) is 5.10 Å². The van der Waals surface area contributed by atoms with Crippen LogP contribution in [0.3, 0.4) is 0 Å². The Hall–Kier alpha value is -2.56. The number of benzene rings is 2. The molecule has 5 heteroatoms. The molecule has 0 aliphatic carbocycles. The van der Waals surface area contributed by atoms with Crippen molar-refractivity contribution in [3.63, 3.8) is 0 Å². The van der Waals surface area contributed by atoms with Crippen LogP contribution in [0.4, 0.5) is 0 Å². The van der Waals surface area contributed by atoms with Gasteiger partial charge < -0.3 is 10.2 Å². The van der Waals surface area contributed by atoms with Crippen LogP contribution in [0.15, 0.2) is 42.5 Å². The fourth-order valence-corrected chi connectivity index (χ4v) is 1.90. The van der Waals surface area contributed by atoms with E-state index < -0.39 is 0 Å². The van der Waals surface area contributed by atoms with E-state index in [0.29, 0.717) is 12.1 Å². The SMILES string of the molecule is Oc1cccc(Cn2nnc3ccccc32)c1O. The standard InChI is InChI=1S/C13H11N3O2/c17-12-7-3-4-9(13(12)18)8-16-11-6-2-1-5-10(11)14-15-16/h1-7,17-18H,8H2. The van der Waals surface area contributed by atoms with E-state index in [1.165, 1.54) is 6.07 Å². The molecule has 1 heterocycles. The highest BCUT2D eigenvalue weighted by molar-refractivity contribution is 5.74. The summed E-state index contributed by atoms with van der Waals surface area (Å²) in [7, 11) is 0. The maximum Gasteiger partial charge on any atom is 0.162 e. The number of phenolic OH excluding ortho intramolecular Hbond substituents is 2. The number of hydrogen-bond acceptors (Lipinski definition) is 4. The zero-order valence-electron chi connectivity index (χ0n) is 9.48. The predicted molar refractivity (Wildman–Crippen MR) is 66.4 cm³/mol. The number of aromatic nitrogens is 3. The molecule has 90 valence electrons. The van der Waals surface area contributed by atoms with Gasteiger partial charge in [0.1, 0.15) is 5.52 Å². The minimum atomic E-state index is -0.128. The molecule has 3 aromatic rings. The smallest absolute Gasteiger partial charge is 0.162 e. The van der Waals surface area contributed by atoms with E-state index in [2.05, 4.69) is 10.3 Å². The lowest BCUT2D eigenvalue weighted by Crippen LogP contribution is -2.02. The normalized spacial score (nSPS) is 10.9. The molecule has 18 heavy (non-hydrogen) atoms. The predicted octanol–water partition coefficient (Wildman–Crippen LogP) is 1.89. The largest absolute Gasteiger partial charge is 0.504 e. The molecule has 2 N–H and O–H groups in total. The minimum Gasteiger partial charge on any atom is -0.504 e. The van der Waals surface area contributed by atoms with E-state index in [1.54, 1.807) is 16.8 Å². The molecule has 3 rings (SSSR count). The molecule has 0 bridgehead atoms. The third-order valence-corrected chi connectivity index (χ3v) is 2.84. The zero-order chi connectivity index (χ0) is 12.5. The summed E-state index contributed by atoms with van der Waals surface area (Å²) in [6, 6.07) is 12.5. The fraction of sp³-hybridized carbons (Fsp3) is 0.0769. The van der Waals surface area contributed by atoms with Gasteiger partial charge in [-0.2, -0.15) is 0 Å². The number of para-hydroxylation sites is 2. The first-order valence-corrected chi connectivity index (χ1v) is 5.54. The minimum absolute atomic E-state index is 0.114. The molecule has 0 unspecified atom stereocenters. The Morgan fingerprint density at radius 3 is 2.72 bits per heavy atom. The Morgan fingerprint density at radius 1 is 1.00 bits per heavy atom. The Bertz CT molecular complexity index is 706. The van der Waals surface area contributed by atoms with E-state index in [0.717, 1.165) is 11.0 Å². The molecular formula is C13H11N3O2. The molecule has 0 atom stereocenters. The van der Waals surface area contributed by atoms with E-state index in [-0.39, 0.29) is 11.5 Å². The van der Waals surface area contributed by atoms with Crippen LogP contribution in [0.1, 0.15) is 5.56 Å². The molecule has 0 aliphatic heterocycles. The van der Waals surface area contributed by atoms with Crippen molar-refractivity contribution in [2.45, 2.75) is 6.54 Å². The molecule has 2 aromatic carbocycles. The maximum atomic E-state index is 9.76. The lowest BCUT2D eigenvalue weighted by molar-refractivity contribution is 0.397. The van der Waals surface area contributed by atoms with Crippen molar-refractivity contribution in [1.29, 1.82) is 0 Å². The van der Waals surface area contributed by atoms with Gasteiger partial charge in [-0.1, -0.05) is 29.5 Å². The summed E-state index contributed by atoms with van der Waals surface area (Å²) in [6.07, 6.45) is 0. The summed E-state index contributed by atoms with van der Waals surface area (Å²) in [5.41, 5.74) is 2.29. The summed E-state index contributed by atoms with van der Waals surface area (Å²) in [5, 5.41) is 27.3. The average molecular weight is 241 g/mol. The second-order valence-electron chi connectivity index (χ2n) is 4.02. The highest BCUT2D eigenvalue weighted by atomic mass is 16.3. The van der Waals surface area contributed by atoms with Gasteiger partial charge >= 0.3 is 0 Å². The number of hydrogen-bond donors (Lipinski definition) is 2. The molecular weight excluding hydrogens is 230 g/mol. The monoisotopic (exact) mass is 241 g/mol. The van der Waals surface area contributed by atoms with E-state index in [4.69, 9.17) is 0 Å². The Balaban J connectivity index is 2.04. The molecule has 0 spiro atoms. The molecule has 5 nitrogen and oxygen atoms in total. The Labute approximate surface area is 103 Å². The summed E-state index contributed by atoms with van der Waals surface area (Å²) in [6.45, 7) is 0.362. The Morgan fingerprint density at radius 2 is 1.83 bits per heavy atom. The second kappa shape index (κ2) is 4.03. The summed E-state index contributed by atoms with van der Waals surface area (Å²) in [5.74, 6) is -0.242. The van der Waals surface area contributed by atoms with Gasteiger partial charge in [-0.3, -0.25) is 0 Å². The van der Waals surface area contributed by atoms with Gasteiger partial charge in [0.15, 0.2) is 11.5 Å². The summed E-state index contributed by atoms with van der Waals surface area (Å²) >= 11 is 0.